The summed E-state index contributed by atoms with van der Waals surface area (Å²) in [6.45, 7) is 0.615. The first-order valence-electron chi connectivity index (χ1n) is 4.71. The van der Waals surface area contributed by atoms with Gasteiger partial charge in [-0.2, -0.15) is 4.31 Å². The number of halogens is 2. The molecule has 1 fully saturated rings. The Labute approximate surface area is 120 Å². The average molecular weight is 379 g/mol. The molecule has 1 aromatic heterocycles. The molecule has 0 atom stereocenters. The van der Waals surface area contributed by atoms with Gasteiger partial charge in [0.1, 0.15) is 4.21 Å². The second-order valence-electron chi connectivity index (χ2n) is 3.44. The monoisotopic (exact) mass is 377 g/mol. The molecule has 0 aromatic carbocycles. The molecule has 1 aliphatic rings. The van der Waals surface area contributed by atoms with E-state index in [1.807, 2.05) is 0 Å². The van der Waals surface area contributed by atoms with Crippen LogP contribution in [0.5, 0.6) is 0 Å². The molecule has 0 amide bonds. The van der Waals surface area contributed by atoms with Crippen LogP contribution in [0.3, 0.4) is 0 Å². The molecule has 0 aliphatic carbocycles. The van der Waals surface area contributed by atoms with Gasteiger partial charge in [-0.1, -0.05) is 11.6 Å². The van der Waals surface area contributed by atoms with Crippen molar-refractivity contribution in [3.05, 3.63) is 14.9 Å². The van der Waals surface area contributed by atoms with Gasteiger partial charge < -0.3 is 0 Å². The quantitative estimate of drug-likeness (QED) is 0.790. The number of rotatable bonds is 2. The molecule has 0 bridgehead atoms. The Morgan fingerprint density at radius 2 is 2.00 bits per heavy atom. The summed E-state index contributed by atoms with van der Waals surface area (Å²) in [7, 11) is -4.37. The van der Waals surface area contributed by atoms with E-state index in [1.165, 1.54) is 10.4 Å². The van der Waals surface area contributed by atoms with Gasteiger partial charge in [-0.15, -0.1) is 11.3 Å². The van der Waals surface area contributed by atoms with Gasteiger partial charge in [0.25, 0.3) is 10.0 Å². The maximum atomic E-state index is 12.2. The fraction of sp³-hybridized carbons (Fsp3) is 0.500. The summed E-state index contributed by atoms with van der Waals surface area (Å²) in [6.07, 6.45) is 0. The summed E-state index contributed by atoms with van der Waals surface area (Å²) in [4.78, 5) is 0. The summed E-state index contributed by atoms with van der Waals surface area (Å²) in [5, 5.41) is 0.397. The highest BCUT2D eigenvalue weighted by molar-refractivity contribution is 9.11. The Morgan fingerprint density at radius 1 is 1.41 bits per heavy atom. The first-order valence-corrected chi connectivity index (χ1v) is 9.63. The highest BCUT2D eigenvalue weighted by atomic mass is 79.9. The minimum absolute atomic E-state index is 0.224. The van der Waals surface area contributed by atoms with Crippen molar-refractivity contribution >= 4 is 59.7 Å². The van der Waals surface area contributed by atoms with Gasteiger partial charge in [-0.25, -0.2) is 8.42 Å². The Kier molecular flexibility index (Phi) is 4.32. The average Bonchev–Trinajstić information content (AvgIpc) is 2.60. The van der Waals surface area contributed by atoms with E-state index in [0.29, 0.717) is 33.4 Å². The van der Waals surface area contributed by atoms with Crippen LogP contribution in [0.15, 0.2) is 14.1 Å². The molecule has 17 heavy (non-hydrogen) atoms. The molecular formula is C8H9BrClNO3S3. The molecule has 2 heterocycles. The number of thiophene rings is 1. The Bertz CT molecular complexity index is 527. The SMILES string of the molecule is O=S1CCN(S(=O)(=O)c2cc(Cl)c(Br)s2)CC1. The van der Waals surface area contributed by atoms with E-state index >= 15 is 0 Å². The van der Waals surface area contributed by atoms with Crippen molar-refractivity contribution in [1.29, 1.82) is 0 Å². The van der Waals surface area contributed by atoms with Gasteiger partial charge in [-0.3, -0.25) is 4.21 Å². The standard InChI is InChI=1S/C8H9BrClNO3S3/c9-8-6(10)5-7(15-8)17(13,14)11-1-3-16(12)4-2-11/h5H,1-4H2. The third-order valence-corrected chi connectivity index (χ3v) is 8.45. The molecule has 0 spiro atoms. The number of hydrogen-bond acceptors (Lipinski definition) is 4. The number of nitrogens with zero attached hydrogens (tertiary/aromatic N) is 1. The predicted molar refractivity (Wildman–Crippen MR) is 73.7 cm³/mol. The number of sulfonamides is 1. The molecule has 1 aliphatic heterocycles. The van der Waals surface area contributed by atoms with Crippen LogP contribution >= 0.6 is 38.9 Å². The molecule has 0 N–H and O–H groups in total. The summed E-state index contributed by atoms with van der Waals surface area (Å²) in [5.41, 5.74) is 0. The highest BCUT2D eigenvalue weighted by Crippen LogP contribution is 2.36. The van der Waals surface area contributed by atoms with Crippen LogP contribution < -0.4 is 0 Å². The van der Waals surface area contributed by atoms with E-state index in [9.17, 15) is 12.6 Å². The van der Waals surface area contributed by atoms with E-state index < -0.39 is 20.8 Å². The maximum absolute atomic E-state index is 12.2. The smallest absolute Gasteiger partial charge is 0.252 e. The van der Waals surface area contributed by atoms with Gasteiger partial charge in [0.05, 0.1) is 8.81 Å². The van der Waals surface area contributed by atoms with E-state index in [4.69, 9.17) is 11.6 Å². The lowest BCUT2D eigenvalue weighted by Crippen LogP contribution is -2.41. The normalized spacial score (nSPS) is 19.6. The van der Waals surface area contributed by atoms with Crippen molar-refractivity contribution in [2.24, 2.45) is 0 Å². The van der Waals surface area contributed by atoms with Crippen LogP contribution in [0.1, 0.15) is 0 Å². The Hall–Kier alpha value is 0.530. The second kappa shape index (κ2) is 5.26. The van der Waals surface area contributed by atoms with Crippen molar-refractivity contribution in [3.63, 3.8) is 0 Å². The lowest BCUT2D eigenvalue weighted by molar-refractivity contribution is 0.440. The summed E-state index contributed by atoms with van der Waals surface area (Å²) in [6, 6.07) is 1.44. The van der Waals surface area contributed by atoms with Gasteiger partial charge >= 0.3 is 0 Å². The lowest BCUT2D eigenvalue weighted by atomic mass is 10.6. The lowest BCUT2D eigenvalue weighted by Gasteiger charge is -2.24. The minimum atomic E-state index is -3.48. The van der Waals surface area contributed by atoms with Gasteiger partial charge in [0, 0.05) is 35.4 Å². The van der Waals surface area contributed by atoms with Gasteiger partial charge in [0.15, 0.2) is 0 Å². The summed E-state index contributed by atoms with van der Waals surface area (Å²) < 4.78 is 37.8. The largest absolute Gasteiger partial charge is 0.259 e. The van der Waals surface area contributed by atoms with E-state index in [-0.39, 0.29) is 4.21 Å². The topological polar surface area (TPSA) is 54.5 Å². The minimum Gasteiger partial charge on any atom is -0.259 e. The van der Waals surface area contributed by atoms with Crippen LogP contribution in [0.2, 0.25) is 5.02 Å². The molecule has 2 rings (SSSR count). The molecule has 9 heteroatoms. The van der Waals surface area contributed by atoms with Crippen LogP contribution in [0.4, 0.5) is 0 Å². The highest BCUT2D eigenvalue weighted by Gasteiger charge is 2.29. The van der Waals surface area contributed by atoms with E-state index in [2.05, 4.69) is 15.9 Å². The zero-order valence-electron chi connectivity index (χ0n) is 8.56. The van der Waals surface area contributed by atoms with Gasteiger partial charge in [-0.05, 0) is 22.0 Å². The van der Waals surface area contributed by atoms with Crippen molar-refractivity contribution in [1.82, 2.24) is 4.31 Å². The molecule has 1 aromatic rings. The third-order valence-electron chi connectivity index (χ3n) is 2.35. The summed E-state index contributed by atoms with van der Waals surface area (Å²) in [5.74, 6) is 0.805. The van der Waals surface area contributed by atoms with Crippen molar-refractivity contribution in [2.75, 3.05) is 24.6 Å². The first-order chi connectivity index (χ1) is 7.91. The summed E-state index contributed by atoms with van der Waals surface area (Å²) >= 11 is 10.1. The Morgan fingerprint density at radius 3 is 2.47 bits per heavy atom. The zero-order chi connectivity index (χ0) is 12.6. The maximum Gasteiger partial charge on any atom is 0.252 e. The van der Waals surface area contributed by atoms with E-state index in [0.717, 1.165) is 11.3 Å². The molecule has 0 unspecified atom stereocenters. The predicted octanol–water partition coefficient (Wildman–Crippen LogP) is 1.92. The van der Waals surface area contributed by atoms with Crippen molar-refractivity contribution < 1.29 is 12.6 Å². The second-order valence-corrected chi connectivity index (χ2v) is 10.1. The Balaban J connectivity index is 2.27. The molecule has 1 saturated heterocycles. The third kappa shape index (κ3) is 2.93. The molecule has 0 radical (unpaired) electrons. The van der Waals surface area contributed by atoms with Crippen molar-refractivity contribution in [3.8, 4) is 0 Å². The fourth-order valence-electron chi connectivity index (χ4n) is 1.44. The zero-order valence-corrected chi connectivity index (χ0v) is 13.3. The molecule has 96 valence electrons. The van der Waals surface area contributed by atoms with Crippen molar-refractivity contribution in [2.45, 2.75) is 4.21 Å². The fourth-order valence-corrected chi connectivity index (χ4v) is 6.72. The first kappa shape index (κ1) is 14.0. The molecular weight excluding hydrogens is 370 g/mol. The van der Waals surface area contributed by atoms with Crippen LogP contribution in [-0.4, -0.2) is 41.5 Å². The molecule has 0 saturated carbocycles. The van der Waals surface area contributed by atoms with Crippen LogP contribution in [0, 0.1) is 0 Å². The van der Waals surface area contributed by atoms with Crippen LogP contribution in [0.25, 0.3) is 0 Å². The molecule has 4 nitrogen and oxygen atoms in total. The van der Waals surface area contributed by atoms with E-state index in [1.54, 1.807) is 0 Å². The van der Waals surface area contributed by atoms with Crippen LogP contribution in [-0.2, 0) is 20.8 Å². The van der Waals surface area contributed by atoms with Gasteiger partial charge in [0.2, 0.25) is 0 Å². The number of hydrogen-bond donors (Lipinski definition) is 0.